The molecule has 2 aromatic rings. The molecule has 1 heterocycles. The van der Waals surface area contributed by atoms with Crippen LogP contribution in [0.15, 0.2) is 42.4 Å². The Balaban J connectivity index is 2.57. The number of benzene rings is 1. The first-order valence-corrected chi connectivity index (χ1v) is 8.57. The lowest BCUT2D eigenvalue weighted by molar-refractivity contribution is -0.113. The molecular formula is C21H25N5O. The number of hydrogen-bond donors (Lipinski definition) is 2. The van der Waals surface area contributed by atoms with Crippen LogP contribution in [0.1, 0.15) is 44.5 Å². The Bertz CT molecular complexity index is 948. The molecule has 0 aliphatic heterocycles. The van der Waals surface area contributed by atoms with Crippen LogP contribution in [0.4, 0.5) is 5.69 Å². The molecule has 0 saturated carbocycles. The SMILES string of the molecule is CC(=O)/C(N)=C/N(N)c1cc(-c2cc(C#N)cc(C(C)(C)C)c2)cnc1C. The molecule has 0 saturated heterocycles. The van der Waals surface area contributed by atoms with Crippen LogP contribution in [0.5, 0.6) is 0 Å². The first kappa shape index (κ1) is 20.1. The quantitative estimate of drug-likeness (QED) is 0.490. The highest BCUT2D eigenvalue weighted by atomic mass is 16.1. The van der Waals surface area contributed by atoms with Gasteiger partial charge in [-0.2, -0.15) is 5.26 Å². The molecule has 140 valence electrons. The van der Waals surface area contributed by atoms with Crippen molar-refractivity contribution in [3.63, 3.8) is 0 Å². The van der Waals surface area contributed by atoms with Gasteiger partial charge in [-0.05, 0) is 41.7 Å². The maximum absolute atomic E-state index is 11.4. The lowest BCUT2D eigenvalue weighted by Crippen LogP contribution is -2.28. The number of pyridine rings is 1. The van der Waals surface area contributed by atoms with Gasteiger partial charge in [-0.15, -0.1) is 0 Å². The summed E-state index contributed by atoms with van der Waals surface area (Å²) in [5, 5.41) is 10.7. The number of nitriles is 1. The largest absolute Gasteiger partial charge is 0.395 e. The van der Waals surface area contributed by atoms with Crippen LogP contribution >= 0.6 is 0 Å². The van der Waals surface area contributed by atoms with Gasteiger partial charge in [-0.1, -0.05) is 26.8 Å². The van der Waals surface area contributed by atoms with Crippen molar-refractivity contribution in [2.45, 2.75) is 40.0 Å². The van der Waals surface area contributed by atoms with E-state index in [4.69, 9.17) is 11.6 Å². The number of aromatic nitrogens is 1. The summed E-state index contributed by atoms with van der Waals surface area (Å²) in [6.07, 6.45) is 3.12. The zero-order chi connectivity index (χ0) is 20.4. The normalized spacial score (nSPS) is 11.8. The number of ketones is 1. The molecule has 0 aliphatic rings. The van der Waals surface area contributed by atoms with Crippen LogP contribution in [0.2, 0.25) is 0 Å². The van der Waals surface area contributed by atoms with E-state index >= 15 is 0 Å². The van der Waals surface area contributed by atoms with Gasteiger partial charge in [0, 0.05) is 24.9 Å². The first-order chi connectivity index (χ1) is 12.5. The van der Waals surface area contributed by atoms with Crippen LogP contribution in [0.3, 0.4) is 0 Å². The second-order valence-electron chi connectivity index (χ2n) is 7.54. The van der Waals surface area contributed by atoms with Gasteiger partial charge in [0.05, 0.1) is 28.7 Å². The Morgan fingerprint density at radius 1 is 1.22 bits per heavy atom. The molecule has 0 bridgehead atoms. The number of allylic oxidation sites excluding steroid dienone is 1. The Morgan fingerprint density at radius 3 is 2.44 bits per heavy atom. The molecule has 0 unspecified atom stereocenters. The monoisotopic (exact) mass is 363 g/mol. The third-order valence-electron chi connectivity index (χ3n) is 4.28. The molecular weight excluding hydrogens is 338 g/mol. The van der Waals surface area contributed by atoms with Crippen LogP contribution in [0.25, 0.3) is 11.1 Å². The fourth-order valence-corrected chi connectivity index (χ4v) is 2.54. The Kier molecular flexibility index (Phi) is 5.67. The van der Waals surface area contributed by atoms with Crippen molar-refractivity contribution in [1.82, 2.24) is 4.98 Å². The molecule has 27 heavy (non-hydrogen) atoms. The fraction of sp³-hybridized carbons (Fsp3) is 0.286. The maximum atomic E-state index is 11.4. The van der Waals surface area contributed by atoms with E-state index in [1.54, 1.807) is 6.20 Å². The van der Waals surface area contributed by atoms with Crippen molar-refractivity contribution in [2.75, 3.05) is 5.01 Å². The van der Waals surface area contributed by atoms with Crippen LogP contribution < -0.4 is 16.6 Å². The van der Waals surface area contributed by atoms with Gasteiger partial charge in [-0.3, -0.25) is 14.8 Å². The zero-order valence-electron chi connectivity index (χ0n) is 16.4. The third-order valence-corrected chi connectivity index (χ3v) is 4.28. The summed E-state index contributed by atoms with van der Waals surface area (Å²) in [6.45, 7) is 9.50. The van der Waals surface area contributed by atoms with Gasteiger partial charge < -0.3 is 5.73 Å². The third kappa shape index (κ3) is 4.72. The number of Topliss-reactive ketones (excluding diaryl/α,β-unsaturated/α-hetero) is 1. The van der Waals surface area contributed by atoms with Gasteiger partial charge in [0.15, 0.2) is 5.78 Å². The fourth-order valence-electron chi connectivity index (χ4n) is 2.54. The Hall–Kier alpha value is -3.17. The molecule has 6 heteroatoms. The van der Waals surface area contributed by atoms with Gasteiger partial charge in [0.25, 0.3) is 0 Å². The molecule has 0 spiro atoms. The lowest BCUT2D eigenvalue weighted by Gasteiger charge is -2.21. The summed E-state index contributed by atoms with van der Waals surface area (Å²) >= 11 is 0. The van der Waals surface area contributed by atoms with Crippen LogP contribution in [0, 0.1) is 18.3 Å². The number of nitrogens with two attached hydrogens (primary N) is 2. The second-order valence-corrected chi connectivity index (χ2v) is 7.54. The summed E-state index contributed by atoms with van der Waals surface area (Å²) in [5.74, 6) is 5.81. The maximum Gasteiger partial charge on any atom is 0.176 e. The highest BCUT2D eigenvalue weighted by Gasteiger charge is 2.17. The Morgan fingerprint density at radius 2 is 1.89 bits per heavy atom. The minimum Gasteiger partial charge on any atom is -0.395 e. The zero-order valence-corrected chi connectivity index (χ0v) is 16.4. The molecule has 0 radical (unpaired) electrons. The molecule has 0 fully saturated rings. The molecule has 0 atom stereocenters. The summed E-state index contributed by atoms with van der Waals surface area (Å²) in [6, 6.07) is 9.87. The number of hydrogen-bond acceptors (Lipinski definition) is 6. The van der Waals surface area contributed by atoms with E-state index in [1.165, 1.54) is 18.1 Å². The molecule has 1 aromatic carbocycles. The van der Waals surface area contributed by atoms with E-state index in [0.29, 0.717) is 16.9 Å². The van der Waals surface area contributed by atoms with Gasteiger partial charge >= 0.3 is 0 Å². The number of rotatable bonds is 4. The number of anilines is 1. The molecule has 0 amide bonds. The summed E-state index contributed by atoms with van der Waals surface area (Å²) in [5.41, 5.74) is 10.3. The number of hydrazine groups is 1. The van der Waals surface area contributed by atoms with Gasteiger partial charge in [0.1, 0.15) is 0 Å². The average molecular weight is 363 g/mol. The first-order valence-electron chi connectivity index (χ1n) is 8.57. The van der Waals surface area contributed by atoms with E-state index in [0.717, 1.165) is 16.7 Å². The standard InChI is InChI=1S/C21H25N5O/c1-13-20(26(24)12-19(23)14(2)27)9-17(11-25-13)16-6-15(10-22)7-18(8-16)21(3,4)5/h6-9,11-12H,23-24H2,1-5H3/b19-12-. The molecule has 4 N–H and O–H groups in total. The van der Waals surface area contributed by atoms with E-state index in [9.17, 15) is 10.1 Å². The molecule has 6 nitrogen and oxygen atoms in total. The van der Waals surface area contributed by atoms with Crippen molar-refractivity contribution in [1.29, 1.82) is 5.26 Å². The van der Waals surface area contributed by atoms with Gasteiger partial charge in [-0.25, -0.2) is 5.84 Å². The van der Waals surface area contributed by atoms with Crippen molar-refractivity contribution in [3.8, 4) is 17.2 Å². The molecule has 0 aliphatic carbocycles. The predicted octanol–water partition coefficient (Wildman–Crippen LogP) is 3.30. The van der Waals surface area contributed by atoms with E-state index in [2.05, 4.69) is 37.9 Å². The number of carbonyl (C=O) groups is 1. The minimum atomic E-state index is -0.260. The van der Waals surface area contributed by atoms with E-state index in [1.807, 2.05) is 25.1 Å². The van der Waals surface area contributed by atoms with Crippen molar-refractivity contribution in [2.24, 2.45) is 11.6 Å². The van der Waals surface area contributed by atoms with Crippen LogP contribution in [-0.2, 0) is 10.2 Å². The highest BCUT2D eigenvalue weighted by Crippen LogP contribution is 2.31. The van der Waals surface area contributed by atoms with Crippen molar-refractivity contribution in [3.05, 3.63) is 59.2 Å². The number of nitrogens with zero attached hydrogens (tertiary/aromatic N) is 3. The lowest BCUT2D eigenvalue weighted by atomic mass is 9.84. The predicted molar refractivity (Wildman–Crippen MR) is 107 cm³/mol. The van der Waals surface area contributed by atoms with Crippen LogP contribution in [-0.4, -0.2) is 10.8 Å². The van der Waals surface area contributed by atoms with E-state index in [-0.39, 0.29) is 16.9 Å². The summed E-state index contributed by atoms with van der Waals surface area (Å²) in [4.78, 5) is 15.8. The highest BCUT2D eigenvalue weighted by molar-refractivity contribution is 5.92. The molecule has 2 rings (SSSR count). The topological polar surface area (TPSA) is 109 Å². The minimum absolute atomic E-state index is 0.0591. The van der Waals surface area contributed by atoms with Crippen molar-refractivity contribution >= 4 is 11.5 Å². The van der Waals surface area contributed by atoms with E-state index < -0.39 is 0 Å². The van der Waals surface area contributed by atoms with Crippen molar-refractivity contribution < 1.29 is 4.79 Å². The summed E-state index contributed by atoms with van der Waals surface area (Å²) in [7, 11) is 0. The number of aryl methyl sites for hydroxylation is 1. The summed E-state index contributed by atoms with van der Waals surface area (Å²) < 4.78 is 0. The Labute approximate surface area is 160 Å². The van der Waals surface area contributed by atoms with Gasteiger partial charge in [0.2, 0.25) is 0 Å². The average Bonchev–Trinajstić information content (AvgIpc) is 2.60. The molecule has 1 aromatic heterocycles. The smallest absolute Gasteiger partial charge is 0.176 e. The second kappa shape index (κ2) is 7.60. The number of carbonyl (C=O) groups excluding carboxylic acids is 1.